The fourth-order valence-corrected chi connectivity index (χ4v) is 3.60. The molecule has 4 heterocycles. The molecule has 1 aliphatic heterocycles. The van der Waals surface area contributed by atoms with Crippen molar-refractivity contribution in [3.8, 4) is 11.4 Å². The first kappa shape index (κ1) is 18.2. The molecule has 0 radical (unpaired) electrons. The minimum absolute atomic E-state index is 0.120. The summed E-state index contributed by atoms with van der Waals surface area (Å²) < 4.78 is 0. The van der Waals surface area contributed by atoms with E-state index in [4.69, 9.17) is 4.98 Å². The van der Waals surface area contributed by atoms with Crippen LogP contribution < -0.4 is 10.9 Å². The van der Waals surface area contributed by atoms with Crippen LogP contribution in [0.3, 0.4) is 0 Å². The Kier molecular flexibility index (Phi) is 5.38. The van der Waals surface area contributed by atoms with E-state index in [9.17, 15) is 4.79 Å². The number of H-pyrrole nitrogens is 1. The van der Waals surface area contributed by atoms with Crippen LogP contribution in [0.4, 0.5) is 5.95 Å². The number of pyridine rings is 1. The molecule has 1 fully saturated rings. The molecule has 1 aliphatic rings. The Balaban J connectivity index is 1.51. The molecular weight excluding hydrogens is 354 g/mol. The van der Waals surface area contributed by atoms with Gasteiger partial charge in [-0.25, -0.2) is 15.0 Å². The van der Waals surface area contributed by atoms with Crippen LogP contribution >= 0.6 is 0 Å². The van der Waals surface area contributed by atoms with Crippen LogP contribution in [0.15, 0.2) is 47.8 Å². The van der Waals surface area contributed by atoms with E-state index in [2.05, 4.69) is 30.2 Å². The number of hydrogen-bond acceptors (Lipinski definition) is 7. The Morgan fingerprint density at radius 1 is 1.25 bits per heavy atom. The highest BCUT2D eigenvalue weighted by Crippen LogP contribution is 2.27. The summed E-state index contributed by atoms with van der Waals surface area (Å²) in [5.41, 5.74) is 2.67. The molecule has 8 heteroatoms. The fourth-order valence-electron chi connectivity index (χ4n) is 3.60. The lowest BCUT2D eigenvalue weighted by Gasteiger charge is -2.32. The van der Waals surface area contributed by atoms with Crippen LogP contribution in [-0.4, -0.2) is 50.0 Å². The van der Waals surface area contributed by atoms with Gasteiger partial charge in [-0.3, -0.25) is 14.7 Å². The highest BCUT2D eigenvalue weighted by atomic mass is 16.1. The molecule has 0 aliphatic carbocycles. The standard InChI is InChI=1S/C20H23N7O/c1-21-20-23-10-14(11-24-20)12-27-8-2-3-16(13-27)17-9-18(28)26-19(25-17)15-4-6-22-7-5-15/h4-7,9-11,16H,2-3,8,12-13H2,1H3,(H,21,23,24)(H,25,26,28). The van der Waals surface area contributed by atoms with E-state index in [-0.39, 0.29) is 11.5 Å². The van der Waals surface area contributed by atoms with E-state index < -0.39 is 0 Å². The second kappa shape index (κ2) is 8.26. The maximum absolute atomic E-state index is 12.2. The average Bonchev–Trinajstić information content (AvgIpc) is 2.75. The Bertz CT molecular complexity index is 972. The Hall–Kier alpha value is -3.13. The van der Waals surface area contributed by atoms with Gasteiger partial charge in [-0.05, 0) is 31.5 Å². The number of nitrogens with one attached hydrogen (secondary N) is 2. The summed E-state index contributed by atoms with van der Waals surface area (Å²) in [4.78, 5) is 34.8. The quantitative estimate of drug-likeness (QED) is 0.702. The largest absolute Gasteiger partial charge is 0.357 e. The number of likely N-dealkylation sites (tertiary alicyclic amines) is 1. The molecule has 0 bridgehead atoms. The van der Waals surface area contributed by atoms with E-state index in [1.54, 1.807) is 25.5 Å². The van der Waals surface area contributed by atoms with E-state index in [1.165, 1.54) is 0 Å². The minimum atomic E-state index is -0.120. The van der Waals surface area contributed by atoms with Crippen molar-refractivity contribution in [2.45, 2.75) is 25.3 Å². The first-order chi connectivity index (χ1) is 13.7. The van der Waals surface area contributed by atoms with Gasteiger partial charge in [0.25, 0.3) is 5.56 Å². The van der Waals surface area contributed by atoms with Crippen molar-refractivity contribution in [2.24, 2.45) is 0 Å². The lowest BCUT2D eigenvalue weighted by atomic mass is 9.94. The number of aromatic nitrogens is 5. The second-order valence-electron chi connectivity index (χ2n) is 6.99. The third-order valence-corrected chi connectivity index (χ3v) is 4.97. The summed E-state index contributed by atoms with van der Waals surface area (Å²) >= 11 is 0. The third-order valence-electron chi connectivity index (χ3n) is 4.97. The summed E-state index contributed by atoms with van der Waals surface area (Å²) in [5.74, 6) is 1.45. The first-order valence-corrected chi connectivity index (χ1v) is 9.44. The van der Waals surface area contributed by atoms with Crippen LogP contribution in [0.5, 0.6) is 0 Å². The lowest BCUT2D eigenvalue weighted by molar-refractivity contribution is 0.198. The number of nitrogens with zero attached hydrogens (tertiary/aromatic N) is 5. The molecular formula is C20H23N7O. The molecule has 0 aromatic carbocycles. The second-order valence-corrected chi connectivity index (χ2v) is 6.99. The van der Waals surface area contributed by atoms with Crippen LogP contribution in [0.2, 0.25) is 0 Å². The topological polar surface area (TPSA) is 99.7 Å². The summed E-state index contributed by atoms with van der Waals surface area (Å²) in [5, 5.41) is 2.93. The van der Waals surface area contributed by atoms with Gasteiger partial charge in [-0.1, -0.05) is 0 Å². The molecule has 3 aromatic heterocycles. The molecule has 3 aromatic rings. The number of piperidine rings is 1. The Morgan fingerprint density at radius 2 is 2.04 bits per heavy atom. The zero-order valence-corrected chi connectivity index (χ0v) is 15.8. The van der Waals surface area contributed by atoms with Crippen molar-refractivity contribution in [3.63, 3.8) is 0 Å². The minimum Gasteiger partial charge on any atom is -0.357 e. The third kappa shape index (κ3) is 4.23. The molecule has 1 saturated heterocycles. The Labute approximate surface area is 163 Å². The SMILES string of the molecule is CNc1ncc(CN2CCCC(c3cc(=O)[nH]c(-c4ccncc4)n3)C2)cn1. The maximum Gasteiger partial charge on any atom is 0.251 e. The number of rotatable bonds is 5. The molecule has 8 nitrogen and oxygen atoms in total. The average molecular weight is 377 g/mol. The van der Waals surface area contributed by atoms with Crippen molar-refractivity contribution >= 4 is 5.95 Å². The van der Waals surface area contributed by atoms with Gasteiger partial charge >= 0.3 is 0 Å². The summed E-state index contributed by atoms with van der Waals surface area (Å²) in [6.07, 6.45) is 9.21. The van der Waals surface area contributed by atoms with E-state index in [0.717, 1.165) is 49.3 Å². The van der Waals surface area contributed by atoms with E-state index in [0.29, 0.717) is 11.8 Å². The summed E-state index contributed by atoms with van der Waals surface area (Å²) in [6.45, 7) is 2.67. The molecule has 144 valence electrons. The monoisotopic (exact) mass is 377 g/mol. The predicted octanol–water partition coefficient (Wildman–Crippen LogP) is 2.04. The van der Waals surface area contributed by atoms with Crippen LogP contribution in [-0.2, 0) is 6.54 Å². The van der Waals surface area contributed by atoms with Gasteiger partial charge in [-0.15, -0.1) is 0 Å². The predicted molar refractivity (Wildman–Crippen MR) is 107 cm³/mol. The van der Waals surface area contributed by atoms with Gasteiger partial charge in [0, 0.05) is 68.0 Å². The van der Waals surface area contributed by atoms with Gasteiger partial charge < -0.3 is 10.3 Å². The molecule has 0 spiro atoms. The fraction of sp³-hybridized carbons (Fsp3) is 0.350. The summed E-state index contributed by atoms with van der Waals surface area (Å²) in [7, 11) is 1.80. The highest BCUT2D eigenvalue weighted by Gasteiger charge is 2.23. The van der Waals surface area contributed by atoms with Crippen molar-refractivity contribution in [1.29, 1.82) is 0 Å². The van der Waals surface area contributed by atoms with Crippen LogP contribution in [0.1, 0.15) is 30.0 Å². The normalized spacial score (nSPS) is 17.4. The van der Waals surface area contributed by atoms with Gasteiger partial charge in [0.1, 0.15) is 5.82 Å². The molecule has 2 N–H and O–H groups in total. The maximum atomic E-state index is 12.2. The molecule has 1 atom stereocenters. The Morgan fingerprint density at radius 3 is 2.79 bits per heavy atom. The number of hydrogen-bond donors (Lipinski definition) is 2. The van der Waals surface area contributed by atoms with Gasteiger partial charge in [0.05, 0.1) is 5.69 Å². The number of aromatic amines is 1. The van der Waals surface area contributed by atoms with Gasteiger partial charge in [0.2, 0.25) is 5.95 Å². The first-order valence-electron chi connectivity index (χ1n) is 9.44. The van der Waals surface area contributed by atoms with Crippen molar-refractivity contribution in [1.82, 2.24) is 29.8 Å². The zero-order valence-electron chi connectivity index (χ0n) is 15.8. The summed E-state index contributed by atoms with van der Waals surface area (Å²) in [6, 6.07) is 5.33. The zero-order chi connectivity index (χ0) is 19.3. The smallest absolute Gasteiger partial charge is 0.251 e. The lowest BCUT2D eigenvalue weighted by Crippen LogP contribution is -2.34. The molecule has 1 unspecified atom stereocenters. The van der Waals surface area contributed by atoms with Crippen LogP contribution in [0.25, 0.3) is 11.4 Å². The van der Waals surface area contributed by atoms with Crippen molar-refractivity contribution in [3.05, 3.63) is 64.6 Å². The highest BCUT2D eigenvalue weighted by molar-refractivity contribution is 5.53. The molecule has 4 rings (SSSR count). The van der Waals surface area contributed by atoms with E-state index in [1.807, 2.05) is 24.5 Å². The molecule has 0 saturated carbocycles. The van der Waals surface area contributed by atoms with Crippen LogP contribution in [0, 0.1) is 0 Å². The molecule has 28 heavy (non-hydrogen) atoms. The van der Waals surface area contributed by atoms with Gasteiger partial charge in [0.15, 0.2) is 0 Å². The van der Waals surface area contributed by atoms with Crippen molar-refractivity contribution in [2.75, 3.05) is 25.5 Å². The van der Waals surface area contributed by atoms with Gasteiger partial charge in [-0.2, -0.15) is 0 Å². The molecule has 0 amide bonds. The van der Waals surface area contributed by atoms with E-state index >= 15 is 0 Å². The number of anilines is 1. The van der Waals surface area contributed by atoms with Crippen molar-refractivity contribution < 1.29 is 0 Å².